The molecule has 0 bridgehead atoms. The number of nitrogens with zero attached hydrogens (tertiary/aromatic N) is 1. The highest BCUT2D eigenvalue weighted by atomic mass is 19.1. The molecular weight excluding hydrogens is 288 g/mol. The van der Waals surface area contributed by atoms with E-state index in [1.54, 1.807) is 4.90 Å². The molecule has 3 heterocycles. The number of rotatable bonds is 1. The van der Waals surface area contributed by atoms with Crippen LogP contribution in [0.2, 0.25) is 0 Å². The fourth-order valence-electron chi connectivity index (χ4n) is 3.66. The van der Waals surface area contributed by atoms with Gasteiger partial charge in [-0.1, -0.05) is 0 Å². The van der Waals surface area contributed by atoms with Gasteiger partial charge < -0.3 is 15.2 Å². The topological polar surface area (TPSA) is 48.1 Å². The summed E-state index contributed by atoms with van der Waals surface area (Å²) in [6, 6.07) is 3.87. The van der Waals surface area contributed by atoms with Crippen LogP contribution in [0.5, 0.6) is 0 Å². The molecule has 1 amide bonds. The largest absolute Gasteiger partial charge is 0.350 e. The molecule has 0 saturated carbocycles. The summed E-state index contributed by atoms with van der Waals surface area (Å²) >= 11 is 0. The first-order valence-corrected chi connectivity index (χ1v) is 7.62. The normalized spacial score (nSPS) is 24.7. The number of aromatic amines is 1. The summed E-state index contributed by atoms with van der Waals surface area (Å²) in [5.74, 6) is -0.951. The number of nitrogens with one attached hydrogen (secondary N) is 2. The van der Waals surface area contributed by atoms with Crippen molar-refractivity contribution in [2.75, 3.05) is 19.6 Å². The number of hydrogen-bond donors (Lipinski definition) is 2. The van der Waals surface area contributed by atoms with Crippen molar-refractivity contribution in [1.29, 1.82) is 0 Å². The van der Waals surface area contributed by atoms with Gasteiger partial charge in [0.25, 0.3) is 5.91 Å². The number of carbonyl (C=O) groups is 1. The van der Waals surface area contributed by atoms with E-state index in [9.17, 15) is 13.6 Å². The van der Waals surface area contributed by atoms with Crippen molar-refractivity contribution in [3.8, 4) is 0 Å². The highest BCUT2D eigenvalue weighted by molar-refractivity contribution is 5.98. The maximum absolute atomic E-state index is 13.7. The third-order valence-electron chi connectivity index (χ3n) is 4.77. The van der Waals surface area contributed by atoms with Crippen LogP contribution in [0.25, 0.3) is 10.9 Å². The Morgan fingerprint density at radius 3 is 2.91 bits per heavy atom. The molecule has 2 aliphatic heterocycles. The number of carbonyl (C=O) groups excluding carboxylic acids is 1. The Kier molecular flexibility index (Phi) is 3.14. The van der Waals surface area contributed by atoms with Crippen LogP contribution < -0.4 is 5.32 Å². The van der Waals surface area contributed by atoms with Gasteiger partial charge in [0.15, 0.2) is 0 Å². The fraction of sp³-hybridized carbons (Fsp3) is 0.438. The summed E-state index contributed by atoms with van der Waals surface area (Å²) in [6.45, 7) is 2.40. The van der Waals surface area contributed by atoms with Gasteiger partial charge in [-0.15, -0.1) is 0 Å². The number of likely N-dealkylation sites (tertiary alicyclic amines) is 1. The van der Waals surface area contributed by atoms with E-state index in [4.69, 9.17) is 0 Å². The SMILES string of the molecule is O=C(c1cc2c(F)cc(F)cc2[nH]1)N1C[C@@H]2CCCN[C@@H]2C1. The highest BCUT2D eigenvalue weighted by Crippen LogP contribution is 2.27. The second-order valence-electron chi connectivity index (χ2n) is 6.20. The summed E-state index contributed by atoms with van der Waals surface area (Å²) in [4.78, 5) is 17.2. The Morgan fingerprint density at radius 2 is 2.09 bits per heavy atom. The molecule has 2 fully saturated rings. The predicted molar refractivity (Wildman–Crippen MR) is 78.6 cm³/mol. The van der Waals surface area contributed by atoms with Crippen molar-refractivity contribution < 1.29 is 13.6 Å². The number of aromatic nitrogens is 1. The summed E-state index contributed by atoms with van der Waals surface area (Å²) in [5, 5.41) is 3.70. The molecule has 22 heavy (non-hydrogen) atoms. The van der Waals surface area contributed by atoms with Crippen molar-refractivity contribution >= 4 is 16.8 Å². The Balaban J connectivity index is 1.62. The number of amides is 1. The molecule has 2 aromatic rings. The molecule has 2 atom stereocenters. The van der Waals surface area contributed by atoms with E-state index in [1.807, 2.05) is 0 Å². The molecule has 0 spiro atoms. The summed E-state index contributed by atoms with van der Waals surface area (Å²) < 4.78 is 27.0. The maximum Gasteiger partial charge on any atom is 0.270 e. The lowest BCUT2D eigenvalue weighted by atomic mass is 9.94. The average molecular weight is 305 g/mol. The second kappa shape index (κ2) is 5.05. The summed E-state index contributed by atoms with van der Waals surface area (Å²) in [6.07, 6.45) is 2.27. The fourth-order valence-corrected chi connectivity index (χ4v) is 3.66. The number of H-pyrrole nitrogens is 1. The molecule has 0 unspecified atom stereocenters. The number of halogens is 2. The van der Waals surface area contributed by atoms with Crippen LogP contribution >= 0.6 is 0 Å². The second-order valence-corrected chi connectivity index (χ2v) is 6.20. The van der Waals surface area contributed by atoms with Crippen molar-refractivity contribution in [1.82, 2.24) is 15.2 Å². The first-order chi connectivity index (χ1) is 10.6. The molecule has 1 aromatic heterocycles. The van der Waals surface area contributed by atoms with Gasteiger partial charge in [-0.25, -0.2) is 8.78 Å². The van der Waals surface area contributed by atoms with E-state index in [0.29, 0.717) is 29.7 Å². The van der Waals surface area contributed by atoms with Crippen LogP contribution in [-0.2, 0) is 0 Å². The Bertz CT molecular complexity index is 728. The van der Waals surface area contributed by atoms with Crippen molar-refractivity contribution in [2.24, 2.45) is 5.92 Å². The van der Waals surface area contributed by atoms with Crippen molar-refractivity contribution in [2.45, 2.75) is 18.9 Å². The zero-order chi connectivity index (χ0) is 15.3. The predicted octanol–water partition coefficient (Wildman–Crippen LogP) is 2.27. The lowest BCUT2D eigenvalue weighted by molar-refractivity contribution is 0.0781. The molecule has 6 heteroatoms. The maximum atomic E-state index is 13.7. The van der Waals surface area contributed by atoms with E-state index in [-0.39, 0.29) is 11.3 Å². The highest BCUT2D eigenvalue weighted by Gasteiger charge is 2.37. The molecule has 0 radical (unpaired) electrons. The molecule has 2 saturated heterocycles. The number of fused-ring (bicyclic) bond motifs is 2. The van der Waals surface area contributed by atoms with Gasteiger partial charge in [0.05, 0.1) is 5.52 Å². The molecule has 0 aliphatic carbocycles. The average Bonchev–Trinajstić information content (AvgIpc) is 3.09. The monoisotopic (exact) mass is 305 g/mol. The quantitative estimate of drug-likeness (QED) is 0.849. The number of benzene rings is 1. The van der Waals surface area contributed by atoms with Gasteiger partial charge in [-0.3, -0.25) is 4.79 Å². The number of hydrogen-bond acceptors (Lipinski definition) is 2. The molecule has 1 aromatic carbocycles. The van der Waals surface area contributed by atoms with Gasteiger partial charge >= 0.3 is 0 Å². The lowest BCUT2D eigenvalue weighted by Gasteiger charge is -2.24. The lowest BCUT2D eigenvalue weighted by Crippen LogP contribution is -2.41. The van der Waals surface area contributed by atoms with Gasteiger partial charge in [0, 0.05) is 30.6 Å². The van der Waals surface area contributed by atoms with Gasteiger partial charge in [-0.2, -0.15) is 0 Å². The molecule has 4 rings (SSSR count). The minimum Gasteiger partial charge on any atom is -0.350 e. The van der Waals surface area contributed by atoms with Crippen LogP contribution in [0.3, 0.4) is 0 Å². The van der Waals surface area contributed by atoms with E-state index in [1.165, 1.54) is 12.1 Å². The van der Waals surface area contributed by atoms with Crippen LogP contribution in [-0.4, -0.2) is 41.5 Å². The van der Waals surface area contributed by atoms with Crippen LogP contribution in [0.15, 0.2) is 18.2 Å². The Labute approximate surface area is 126 Å². The Morgan fingerprint density at radius 1 is 1.23 bits per heavy atom. The molecule has 2 N–H and O–H groups in total. The smallest absolute Gasteiger partial charge is 0.270 e. The molecular formula is C16H17F2N3O. The molecule has 4 nitrogen and oxygen atoms in total. The first-order valence-electron chi connectivity index (χ1n) is 7.62. The van der Waals surface area contributed by atoms with Crippen LogP contribution in [0.1, 0.15) is 23.3 Å². The first kappa shape index (κ1) is 13.7. The standard InChI is InChI=1S/C16H17F2N3O/c17-10-4-12(18)11-6-14(20-13(11)5-10)16(22)21-7-9-2-1-3-19-15(9)8-21/h4-6,9,15,19-20H,1-3,7-8H2/t9-,15+/m0/s1. The van der Waals surface area contributed by atoms with Gasteiger partial charge in [-0.05, 0) is 37.4 Å². The molecule has 116 valence electrons. The minimum atomic E-state index is -0.651. The summed E-state index contributed by atoms with van der Waals surface area (Å²) in [5.41, 5.74) is 0.633. The third-order valence-corrected chi connectivity index (χ3v) is 4.77. The zero-order valence-corrected chi connectivity index (χ0v) is 12.0. The van der Waals surface area contributed by atoms with Crippen molar-refractivity contribution in [3.05, 3.63) is 35.5 Å². The minimum absolute atomic E-state index is 0.146. The van der Waals surface area contributed by atoms with Gasteiger partial charge in [0.2, 0.25) is 0 Å². The number of piperidine rings is 1. The molecule has 2 aliphatic rings. The van der Waals surface area contributed by atoms with Crippen LogP contribution in [0, 0.1) is 17.6 Å². The van der Waals surface area contributed by atoms with E-state index in [0.717, 1.165) is 32.0 Å². The van der Waals surface area contributed by atoms with E-state index < -0.39 is 11.6 Å². The zero-order valence-electron chi connectivity index (χ0n) is 12.0. The summed E-state index contributed by atoms with van der Waals surface area (Å²) in [7, 11) is 0. The van der Waals surface area contributed by atoms with E-state index in [2.05, 4.69) is 10.3 Å². The van der Waals surface area contributed by atoms with E-state index >= 15 is 0 Å². The third kappa shape index (κ3) is 2.18. The van der Waals surface area contributed by atoms with Gasteiger partial charge in [0.1, 0.15) is 17.3 Å². The van der Waals surface area contributed by atoms with Crippen molar-refractivity contribution in [3.63, 3.8) is 0 Å². The Hall–Kier alpha value is -1.95. The van der Waals surface area contributed by atoms with Crippen LogP contribution in [0.4, 0.5) is 8.78 Å².